The smallest absolute Gasteiger partial charge is 0.264 e. The molecule has 0 unspecified atom stereocenters. The minimum absolute atomic E-state index is 0.137. The van der Waals surface area contributed by atoms with Crippen LogP contribution in [0.3, 0.4) is 0 Å². The minimum atomic E-state index is -0.164. The first-order valence-corrected chi connectivity index (χ1v) is 9.27. The fourth-order valence-corrected chi connectivity index (χ4v) is 2.99. The highest BCUT2D eigenvalue weighted by Crippen LogP contribution is 2.16. The summed E-state index contributed by atoms with van der Waals surface area (Å²) in [5.41, 5.74) is 2.66. The van der Waals surface area contributed by atoms with Crippen LogP contribution in [-0.2, 0) is 6.61 Å². The second kappa shape index (κ2) is 7.85. The molecule has 0 saturated carbocycles. The Morgan fingerprint density at radius 1 is 1.07 bits per heavy atom. The van der Waals surface area contributed by atoms with E-state index in [1.54, 1.807) is 61.7 Å². The van der Waals surface area contributed by atoms with Gasteiger partial charge in [0.15, 0.2) is 5.78 Å². The quantitative estimate of drug-likeness (QED) is 0.372. The lowest BCUT2D eigenvalue weighted by atomic mass is 10.0. The van der Waals surface area contributed by atoms with E-state index in [9.17, 15) is 9.59 Å². The van der Waals surface area contributed by atoms with Crippen molar-refractivity contribution in [2.45, 2.75) is 13.5 Å². The van der Waals surface area contributed by atoms with E-state index in [2.05, 4.69) is 9.97 Å². The number of rotatable bonds is 5. The number of pyridine rings is 2. The molecule has 0 N–H and O–H groups in total. The normalized spacial score (nSPS) is 10.8. The first kappa shape index (κ1) is 18.8. The van der Waals surface area contributed by atoms with E-state index in [0.29, 0.717) is 33.4 Å². The molecule has 0 fully saturated rings. The molecule has 0 atom stereocenters. The van der Waals surface area contributed by atoms with E-state index in [1.165, 1.54) is 10.6 Å². The molecule has 3 aromatic heterocycles. The van der Waals surface area contributed by atoms with Gasteiger partial charge >= 0.3 is 0 Å². The van der Waals surface area contributed by atoms with Gasteiger partial charge in [0, 0.05) is 23.5 Å². The van der Waals surface area contributed by atoms with Crippen molar-refractivity contribution in [3.8, 4) is 5.88 Å². The number of hydrogen-bond acceptors (Lipinski definition) is 5. The lowest BCUT2D eigenvalue weighted by Crippen LogP contribution is -2.19. The molecule has 0 aliphatic rings. The average molecular weight is 406 g/mol. The van der Waals surface area contributed by atoms with Crippen LogP contribution in [0.5, 0.6) is 5.88 Å². The number of fused-ring (bicyclic) bond motifs is 1. The standard InChI is InChI=1S/C22H16ClN3O3/c1-14-21(25-19-4-2-3-11-26(19)22(14)28)29-13-15-5-7-16(8-6-15)20(27)17-9-10-18(23)24-12-17/h2-12H,13H2,1H3. The lowest BCUT2D eigenvalue weighted by Gasteiger charge is -2.10. The first-order valence-electron chi connectivity index (χ1n) is 8.89. The third kappa shape index (κ3) is 3.88. The first-order chi connectivity index (χ1) is 14.0. The molecule has 144 valence electrons. The highest BCUT2D eigenvalue weighted by Gasteiger charge is 2.12. The Balaban J connectivity index is 1.50. The molecule has 0 aliphatic heterocycles. The van der Waals surface area contributed by atoms with Gasteiger partial charge in [-0.25, -0.2) is 4.98 Å². The summed E-state index contributed by atoms with van der Waals surface area (Å²) < 4.78 is 7.26. The van der Waals surface area contributed by atoms with E-state index < -0.39 is 0 Å². The number of benzene rings is 1. The van der Waals surface area contributed by atoms with Crippen molar-refractivity contribution in [3.05, 3.63) is 105 Å². The molecule has 6 nitrogen and oxygen atoms in total. The van der Waals surface area contributed by atoms with Crippen LogP contribution in [-0.4, -0.2) is 20.2 Å². The molecular formula is C22H16ClN3O3. The van der Waals surface area contributed by atoms with Crippen molar-refractivity contribution < 1.29 is 9.53 Å². The molecule has 0 bridgehead atoms. The SMILES string of the molecule is Cc1c(OCc2ccc(C(=O)c3ccc(Cl)nc3)cc2)nc2ccccn2c1=O. The molecule has 0 radical (unpaired) electrons. The van der Waals surface area contributed by atoms with Gasteiger partial charge in [-0.3, -0.25) is 14.0 Å². The maximum Gasteiger partial charge on any atom is 0.264 e. The Labute approximate surface area is 171 Å². The van der Waals surface area contributed by atoms with Crippen LogP contribution in [0.2, 0.25) is 5.15 Å². The van der Waals surface area contributed by atoms with Gasteiger partial charge in [0.05, 0.1) is 5.56 Å². The fourth-order valence-electron chi connectivity index (χ4n) is 2.88. The van der Waals surface area contributed by atoms with E-state index in [4.69, 9.17) is 16.3 Å². The zero-order valence-corrected chi connectivity index (χ0v) is 16.3. The summed E-state index contributed by atoms with van der Waals surface area (Å²) in [6.45, 7) is 1.92. The molecule has 0 saturated heterocycles. The van der Waals surface area contributed by atoms with Crippen LogP contribution in [0.25, 0.3) is 5.65 Å². The third-order valence-electron chi connectivity index (χ3n) is 4.50. The maximum atomic E-state index is 12.5. The number of nitrogens with zero attached hydrogens (tertiary/aromatic N) is 3. The fraction of sp³-hybridized carbons (Fsp3) is 0.0909. The Hall–Kier alpha value is -3.51. The number of aromatic nitrogens is 3. The number of carbonyl (C=O) groups is 1. The Bertz CT molecular complexity index is 1250. The van der Waals surface area contributed by atoms with E-state index in [0.717, 1.165) is 5.56 Å². The van der Waals surface area contributed by atoms with Gasteiger partial charge in [-0.2, -0.15) is 4.98 Å². The Kier molecular flexibility index (Phi) is 5.10. The third-order valence-corrected chi connectivity index (χ3v) is 4.72. The molecule has 7 heteroatoms. The van der Waals surface area contributed by atoms with Gasteiger partial charge in [-0.05, 0) is 36.8 Å². The molecule has 29 heavy (non-hydrogen) atoms. The molecule has 3 heterocycles. The summed E-state index contributed by atoms with van der Waals surface area (Å²) in [5.74, 6) is 0.162. The summed E-state index contributed by atoms with van der Waals surface area (Å²) in [6, 6.07) is 15.6. The van der Waals surface area contributed by atoms with Crippen LogP contribution < -0.4 is 10.3 Å². The van der Waals surface area contributed by atoms with Crippen molar-refractivity contribution in [1.82, 2.24) is 14.4 Å². The Morgan fingerprint density at radius 2 is 1.83 bits per heavy atom. The molecular weight excluding hydrogens is 390 g/mol. The van der Waals surface area contributed by atoms with Crippen LogP contribution in [0.1, 0.15) is 27.0 Å². The van der Waals surface area contributed by atoms with Gasteiger partial charge < -0.3 is 4.74 Å². The van der Waals surface area contributed by atoms with Gasteiger partial charge in [-0.1, -0.05) is 41.9 Å². The second-order valence-electron chi connectivity index (χ2n) is 6.46. The minimum Gasteiger partial charge on any atom is -0.472 e. The van der Waals surface area contributed by atoms with Gasteiger partial charge in [0.25, 0.3) is 5.56 Å². The predicted octanol–water partition coefficient (Wildman–Crippen LogP) is 3.86. The largest absolute Gasteiger partial charge is 0.472 e. The van der Waals surface area contributed by atoms with Crippen molar-refractivity contribution in [2.75, 3.05) is 0 Å². The molecule has 0 aliphatic carbocycles. The molecule has 1 aromatic carbocycles. The molecule has 0 spiro atoms. The van der Waals surface area contributed by atoms with Gasteiger partial charge in [0.2, 0.25) is 5.88 Å². The monoisotopic (exact) mass is 405 g/mol. The number of hydrogen-bond donors (Lipinski definition) is 0. The average Bonchev–Trinajstić information content (AvgIpc) is 2.76. The summed E-state index contributed by atoms with van der Waals surface area (Å²) in [4.78, 5) is 33.3. The van der Waals surface area contributed by atoms with E-state index in [1.807, 2.05) is 6.07 Å². The number of halogens is 1. The second-order valence-corrected chi connectivity index (χ2v) is 6.85. The predicted molar refractivity (Wildman–Crippen MR) is 110 cm³/mol. The molecule has 0 amide bonds. The number of ketones is 1. The zero-order valence-electron chi connectivity index (χ0n) is 15.5. The van der Waals surface area contributed by atoms with Crippen LogP contribution in [0.4, 0.5) is 0 Å². The van der Waals surface area contributed by atoms with Gasteiger partial charge in [0.1, 0.15) is 17.4 Å². The van der Waals surface area contributed by atoms with Crippen molar-refractivity contribution >= 4 is 23.0 Å². The topological polar surface area (TPSA) is 73.6 Å². The van der Waals surface area contributed by atoms with Crippen molar-refractivity contribution in [3.63, 3.8) is 0 Å². The summed E-state index contributed by atoms with van der Waals surface area (Å²) in [7, 11) is 0. The number of ether oxygens (including phenoxy) is 1. The van der Waals surface area contributed by atoms with Crippen LogP contribution >= 0.6 is 11.6 Å². The summed E-state index contributed by atoms with van der Waals surface area (Å²) in [5, 5.41) is 0.339. The zero-order chi connectivity index (χ0) is 20.4. The molecule has 4 rings (SSSR count). The van der Waals surface area contributed by atoms with E-state index >= 15 is 0 Å². The summed E-state index contributed by atoms with van der Waals surface area (Å²) >= 11 is 5.76. The van der Waals surface area contributed by atoms with Crippen molar-refractivity contribution in [1.29, 1.82) is 0 Å². The maximum absolute atomic E-state index is 12.5. The Morgan fingerprint density at radius 3 is 2.55 bits per heavy atom. The highest BCUT2D eigenvalue weighted by atomic mass is 35.5. The van der Waals surface area contributed by atoms with E-state index in [-0.39, 0.29) is 17.9 Å². The van der Waals surface area contributed by atoms with Gasteiger partial charge in [-0.15, -0.1) is 0 Å². The summed E-state index contributed by atoms with van der Waals surface area (Å²) in [6.07, 6.45) is 3.13. The van der Waals surface area contributed by atoms with Crippen LogP contribution in [0, 0.1) is 6.92 Å². The lowest BCUT2D eigenvalue weighted by molar-refractivity contribution is 0.103. The number of carbonyl (C=O) groups excluding carboxylic acids is 1. The highest BCUT2D eigenvalue weighted by molar-refractivity contribution is 6.29. The van der Waals surface area contributed by atoms with Crippen molar-refractivity contribution in [2.24, 2.45) is 0 Å². The molecule has 4 aromatic rings. The van der Waals surface area contributed by atoms with Crippen LogP contribution in [0.15, 0.2) is 71.8 Å².